The van der Waals surface area contributed by atoms with E-state index in [1.807, 2.05) is 0 Å². The Hall–Kier alpha value is -2.70. The number of esters is 1. The topological polar surface area (TPSA) is 77.8 Å². The Morgan fingerprint density at radius 2 is 1.96 bits per heavy atom. The van der Waals surface area contributed by atoms with Gasteiger partial charge in [-0.2, -0.15) is 0 Å². The summed E-state index contributed by atoms with van der Waals surface area (Å²) in [5.74, 6) is -0.617. The number of methoxy groups -OCH3 is 1. The highest BCUT2D eigenvalue weighted by Crippen LogP contribution is 2.30. The fraction of sp³-hybridized carbons (Fsp3) is 0.158. The van der Waals surface area contributed by atoms with Crippen molar-refractivity contribution < 1.29 is 23.5 Å². The van der Waals surface area contributed by atoms with Crippen molar-refractivity contribution in [3.05, 3.63) is 57.8 Å². The highest BCUT2D eigenvalue weighted by Gasteiger charge is 2.20. The van der Waals surface area contributed by atoms with Crippen LogP contribution in [0.5, 0.6) is 5.75 Å². The van der Waals surface area contributed by atoms with Crippen LogP contribution in [0.2, 0.25) is 10.0 Å². The smallest absolute Gasteiger partial charge is 0.375 e. The van der Waals surface area contributed by atoms with Crippen LogP contribution in [0.1, 0.15) is 16.1 Å². The van der Waals surface area contributed by atoms with Crippen LogP contribution in [0.25, 0.3) is 11.0 Å². The Morgan fingerprint density at radius 3 is 2.70 bits per heavy atom. The number of benzene rings is 2. The molecule has 140 valence electrons. The number of nitrogens with one attached hydrogen (secondary N) is 1. The van der Waals surface area contributed by atoms with Crippen LogP contribution < -0.4 is 10.1 Å². The molecule has 6 nitrogen and oxygen atoms in total. The molecular weight excluding hydrogens is 393 g/mol. The summed E-state index contributed by atoms with van der Waals surface area (Å²) in [4.78, 5) is 24.3. The number of fused-ring (bicyclic) bond motifs is 1. The summed E-state index contributed by atoms with van der Waals surface area (Å²) in [5, 5.41) is 3.78. The van der Waals surface area contributed by atoms with Gasteiger partial charge in [-0.05, 0) is 37.3 Å². The third kappa shape index (κ3) is 4.02. The Kier molecular flexibility index (Phi) is 5.58. The Morgan fingerprint density at radius 1 is 1.19 bits per heavy atom. The standard InChI is InChI=1S/C19H15Cl2NO5/c1-10-12-8-11(25-2)6-7-15(12)27-18(10)19(24)26-9-16(23)22-14-5-3-4-13(20)17(14)21/h3-8H,9H2,1-2H3,(H,22,23). The number of rotatable bonds is 5. The lowest BCUT2D eigenvalue weighted by Crippen LogP contribution is -2.21. The van der Waals surface area contributed by atoms with Gasteiger partial charge in [0.2, 0.25) is 5.76 Å². The highest BCUT2D eigenvalue weighted by atomic mass is 35.5. The average Bonchev–Trinajstić information content (AvgIpc) is 2.99. The maximum atomic E-state index is 12.3. The molecule has 0 radical (unpaired) electrons. The van der Waals surface area contributed by atoms with Crippen molar-refractivity contribution in [1.29, 1.82) is 0 Å². The zero-order valence-corrected chi connectivity index (χ0v) is 16.0. The van der Waals surface area contributed by atoms with Crippen molar-refractivity contribution in [1.82, 2.24) is 0 Å². The van der Waals surface area contributed by atoms with E-state index in [2.05, 4.69) is 5.32 Å². The fourth-order valence-corrected chi connectivity index (χ4v) is 2.85. The molecule has 0 aliphatic heterocycles. The van der Waals surface area contributed by atoms with Crippen LogP contribution in [0.4, 0.5) is 5.69 Å². The number of carbonyl (C=O) groups excluding carboxylic acids is 2. The number of anilines is 1. The van der Waals surface area contributed by atoms with E-state index in [9.17, 15) is 9.59 Å². The third-order valence-electron chi connectivity index (χ3n) is 3.89. The largest absolute Gasteiger partial charge is 0.497 e. The molecule has 0 fully saturated rings. The molecule has 2 aromatic carbocycles. The first-order valence-corrected chi connectivity index (χ1v) is 8.64. The van der Waals surface area contributed by atoms with Gasteiger partial charge in [-0.15, -0.1) is 0 Å². The second-order valence-corrected chi connectivity index (χ2v) is 6.43. The molecular formula is C19H15Cl2NO5. The summed E-state index contributed by atoms with van der Waals surface area (Å²) in [6.07, 6.45) is 0. The Balaban J connectivity index is 1.68. The quantitative estimate of drug-likeness (QED) is 0.611. The Bertz CT molecular complexity index is 1030. The molecule has 0 saturated carbocycles. The second-order valence-electron chi connectivity index (χ2n) is 5.64. The molecule has 0 unspecified atom stereocenters. The van der Waals surface area contributed by atoms with Crippen LogP contribution in [-0.2, 0) is 9.53 Å². The molecule has 0 aliphatic carbocycles. The van der Waals surface area contributed by atoms with Gasteiger partial charge in [-0.1, -0.05) is 29.3 Å². The molecule has 1 N–H and O–H groups in total. The van der Waals surface area contributed by atoms with Gasteiger partial charge in [-0.3, -0.25) is 4.79 Å². The lowest BCUT2D eigenvalue weighted by molar-refractivity contribution is -0.119. The number of hydrogen-bond acceptors (Lipinski definition) is 5. The maximum Gasteiger partial charge on any atom is 0.375 e. The molecule has 0 bridgehead atoms. The minimum atomic E-state index is -0.741. The molecule has 0 saturated heterocycles. The molecule has 1 heterocycles. The number of hydrogen-bond donors (Lipinski definition) is 1. The summed E-state index contributed by atoms with van der Waals surface area (Å²) in [6, 6.07) is 10.0. The molecule has 0 aliphatic rings. The predicted octanol–water partition coefficient (Wildman–Crippen LogP) is 4.85. The second kappa shape index (κ2) is 7.90. The number of ether oxygens (including phenoxy) is 2. The predicted molar refractivity (Wildman–Crippen MR) is 103 cm³/mol. The van der Waals surface area contributed by atoms with E-state index in [1.54, 1.807) is 50.4 Å². The van der Waals surface area contributed by atoms with Gasteiger partial charge in [0.25, 0.3) is 5.91 Å². The normalized spacial score (nSPS) is 10.7. The summed E-state index contributed by atoms with van der Waals surface area (Å²) in [6.45, 7) is 1.23. The minimum absolute atomic E-state index is 0.0341. The van der Waals surface area contributed by atoms with Gasteiger partial charge >= 0.3 is 5.97 Å². The number of amides is 1. The monoisotopic (exact) mass is 407 g/mol. The van der Waals surface area contributed by atoms with Crippen molar-refractivity contribution in [3.63, 3.8) is 0 Å². The highest BCUT2D eigenvalue weighted by molar-refractivity contribution is 6.44. The van der Waals surface area contributed by atoms with Gasteiger partial charge < -0.3 is 19.2 Å². The number of furan rings is 1. The molecule has 1 aromatic heterocycles. The van der Waals surface area contributed by atoms with Crippen molar-refractivity contribution in [2.45, 2.75) is 6.92 Å². The van der Waals surface area contributed by atoms with E-state index in [0.29, 0.717) is 27.6 Å². The van der Waals surface area contributed by atoms with Crippen LogP contribution in [0.3, 0.4) is 0 Å². The number of aryl methyl sites for hydroxylation is 1. The van der Waals surface area contributed by atoms with Gasteiger partial charge in [0.05, 0.1) is 22.8 Å². The SMILES string of the molecule is COc1ccc2oc(C(=O)OCC(=O)Nc3cccc(Cl)c3Cl)c(C)c2c1. The van der Waals surface area contributed by atoms with Crippen molar-refractivity contribution in [2.24, 2.45) is 0 Å². The van der Waals surface area contributed by atoms with Crippen molar-refractivity contribution >= 4 is 51.7 Å². The molecule has 0 atom stereocenters. The minimum Gasteiger partial charge on any atom is -0.497 e. The lowest BCUT2D eigenvalue weighted by Gasteiger charge is -2.08. The Labute approximate surface area is 164 Å². The van der Waals surface area contributed by atoms with Crippen molar-refractivity contribution in [3.8, 4) is 5.75 Å². The van der Waals surface area contributed by atoms with E-state index in [0.717, 1.165) is 5.39 Å². The first-order valence-electron chi connectivity index (χ1n) is 7.89. The van der Waals surface area contributed by atoms with E-state index in [-0.39, 0.29) is 10.8 Å². The first kappa shape index (κ1) is 19.1. The third-order valence-corrected chi connectivity index (χ3v) is 4.71. The summed E-state index contributed by atoms with van der Waals surface area (Å²) >= 11 is 11.9. The fourth-order valence-electron chi connectivity index (χ4n) is 2.50. The zero-order valence-electron chi connectivity index (χ0n) is 14.5. The van der Waals surface area contributed by atoms with Crippen molar-refractivity contribution in [2.75, 3.05) is 19.0 Å². The molecule has 8 heteroatoms. The molecule has 3 rings (SSSR count). The summed E-state index contributed by atoms with van der Waals surface area (Å²) in [7, 11) is 1.55. The van der Waals surface area contributed by atoms with E-state index >= 15 is 0 Å². The van der Waals surface area contributed by atoms with Crippen LogP contribution >= 0.6 is 23.2 Å². The first-order chi connectivity index (χ1) is 12.9. The van der Waals surface area contributed by atoms with E-state index in [4.69, 9.17) is 37.1 Å². The van der Waals surface area contributed by atoms with Crippen LogP contribution in [-0.4, -0.2) is 25.6 Å². The van der Waals surface area contributed by atoms with Gasteiger partial charge in [-0.25, -0.2) is 4.79 Å². The molecule has 0 spiro atoms. The molecule has 27 heavy (non-hydrogen) atoms. The zero-order chi connectivity index (χ0) is 19.6. The van der Waals surface area contributed by atoms with Gasteiger partial charge in [0, 0.05) is 10.9 Å². The number of halogens is 2. The number of carbonyl (C=O) groups is 2. The van der Waals surface area contributed by atoms with Crippen LogP contribution in [0.15, 0.2) is 40.8 Å². The lowest BCUT2D eigenvalue weighted by atomic mass is 10.1. The summed E-state index contributed by atoms with van der Waals surface area (Å²) < 4.78 is 15.8. The van der Waals surface area contributed by atoms with E-state index in [1.165, 1.54) is 0 Å². The van der Waals surface area contributed by atoms with Gasteiger partial charge in [0.1, 0.15) is 11.3 Å². The molecule has 3 aromatic rings. The van der Waals surface area contributed by atoms with Crippen LogP contribution in [0, 0.1) is 6.92 Å². The average molecular weight is 408 g/mol. The van der Waals surface area contributed by atoms with E-state index < -0.39 is 18.5 Å². The molecule has 1 amide bonds. The summed E-state index contributed by atoms with van der Waals surface area (Å²) in [5.41, 5.74) is 1.46. The van der Waals surface area contributed by atoms with Gasteiger partial charge in [0.15, 0.2) is 6.61 Å². The maximum absolute atomic E-state index is 12.3.